The lowest BCUT2D eigenvalue weighted by atomic mass is 9.84. The van der Waals surface area contributed by atoms with Crippen molar-refractivity contribution in [3.63, 3.8) is 0 Å². The minimum Gasteiger partial charge on any atom is -0.489 e. The zero-order valence-electron chi connectivity index (χ0n) is 17.9. The summed E-state index contributed by atoms with van der Waals surface area (Å²) in [5, 5.41) is 0.750. The van der Waals surface area contributed by atoms with Crippen molar-refractivity contribution in [2.45, 2.75) is 44.6 Å². The monoisotopic (exact) mass is 419 g/mol. The van der Waals surface area contributed by atoms with Gasteiger partial charge in [-0.3, -0.25) is 0 Å². The molecule has 1 fully saturated rings. The van der Waals surface area contributed by atoms with Crippen molar-refractivity contribution in [1.82, 2.24) is 0 Å². The summed E-state index contributed by atoms with van der Waals surface area (Å²) >= 11 is 6.08. The predicted octanol–water partition coefficient (Wildman–Crippen LogP) is 7.70. The summed E-state index contributed by atoms with van der Waals surface area (Å²) < 4.78 is 6.21. The Morgan fingerprint density at radius 2 is 1.57 bits per heavy atom. The van der Waals surface area contributed by atoms with Crippen LogP contribution in [0.4, 0.5) is 5.69 Å². The zero-order chi connectivity index (χ0) is 20.9. The van der Waals surface area contributed by atoms with Crippen LogP contribution in [0.5, 0.6) is 5.75 Å². The van der Waals surface area contributed by atoms with Gasteiger partial charge in [0, 0.05) is 24.8 Å². The van der Waals surface area contributed by atoms with Gasteiger partial charge in [-0.25, -0.2) is 0 Å². The molecule has 3 heteroatoms. The molecule has 0 saturated heterocycles. The number of nitrogens with zero attached hydrogens (tertiary/aromatic N) is 1. The molecule has 1 aliphatic carbocycles. The Bertz CT molecular complexity index is 957. The Kier molecular flexibility index (Phi) is 6.64. The Hall–Kier alpha value is -2.45. The van der Waals surface area contributed by atoms with Gasteiger partial charge in [-0.05, 0) is 77.4 Å². The highest BCUT2D eigenvalue weighted by Crippen LogP contribution is 2.34. The SMILES string of the molecule is CN(C)c1ccc(-c2ccc(Cl)cc2)c(COc2ccc(C3CCCCC3)cc2)c1. The van der Waals surface area contributed by atoms with Gasteiger partial charge >= 0.3 is 0 Å². The van der Waals surface area contributed by atoms with Gasteiger partial charge in [-0.2, -0.15) is 0 Å². The molecule has 0 bridgehead atoms. The molecular formula is C27H30ClNO. The molecule has 0 atom stereocenters. The third-order valence-electron chi connectivity index (χ3n) is 6.11. The Morgan fingerprint density at radius 1 is 0.867 bits per heavy atom. The lowest BCUT2D eigenvalue weighted by Gasteiger charge is -2.22. The summed E-state index contributed by atoms with van der Waals surface area (Å²) in [7, 11) is 4.12. The fourth-order valence-corrected chi connectivity index (χ4v) is 4.45. The van der Waals surface area contributed by atoms with Crippen LogP contribution in [0.2, 0.25) is 5.02 Å². The van der Waals surface area contributed by atoms with Crippen molar-refractivity contribution < 1.29 is 4.74 Å². The fourth-order valence-electron chi connectivity index (χ4n) is 4.32. The van der Waals surface area contributed by atoms with Crippen LogP contribution in [0.3, 0.4) is 0 Å². The Balaban J connectivity index is 1.52. The van der Waals surface area contributed by atoms with Gasteiger partial charge in [0.15, 0.2) is 0 Å². The quantitative estimate of drug-likeness (QED) is 0.405. The topological polar surface area (TPSA) is 12.5 Å². The maximum atomic E-state index is 6.21. The number of rotatable bonds is 6. The maximum absolute atomic E-state index is 6.21. The van der Waals surface area contributed by atoms with E-state index in [-0.39, 0.29) is 0 Å². The van der Waals surface area contributed by atoms with E-state index in [1.165, 1.54) is 54.5 Å². The summed E-state index contributed by atoms with van der Waals surface area (Å²) in [6.45, 7) is 0.530. The normalized spacial score (nSPS) is 14.5. The van der Waals surface area contributed by atoms with Crippen LogP contribution in [-0.4, -0.2) is 14.1 Å². The maximum Gasteiger partial charge on any atom is 0.119 e. The minimum absolute atomic E-state index is 0.530. The molecule has 2 nitrogen and oxygen atoms in total. The van der Waals surface area contributed by atoms with Gasteiger partial charge in [0.1, 0.15) is 12.4 Å². The summed E-state index contributed by atoms with van der Waals surface area (Å²) in [6.07, 6.45) is 6.75. The lowest BCUT2D eigenvalue weighted by molar-refractivity contribution is 0.306. The van der Waals surface area contributed by atoms with Crippen LogP contribution in [-0.2, 0) is 6.61 Å². The van der Waals surface area contributed by atoms with Crippen molar-refractivity contribution in [3.05, 3.63) is 82.9 Å². The molecular weight excluding hydrogens is 390 g/mol. The summed E-state index contributed by atoms with van der Waals surface area (Å²) in [5.74, 6) is 1.65. The van der Waals surface area contributed by atoms with E-state index in [1.807, 2.05) is 12.1 Å². The van der Waals surface area contributed by atoms with Gasteiger partial charge in [-0.15, -0.1) is 0 Å². The van der Waals surface area contributed by atoms with Crippen LogP contribution in [0, 0.1) is 0 Å². The van der Waals surface area contributed by atoms with Crippen molar-refractivity contribution in [2.24, 2.45) is 0 Å². The smallest absolute Gasteiger partial charge is 0.119 e. The predicted molar refractivity (Wildman–Crippen MR) is 128 cm³/mol. The molecule has 0 aliphatic heterocycles. The first-order valence-corrected chi connectivity index (χ1v) is 11.3. The molecule has 0 spiro atoms. The van der Waals surface area contributed by atoms with Crippen molar-refractivity contribution in [1.29, 1.82) is 0 Å². The number of benzene rings is 3. The Morgan fingerprint density at radius 3 is 2.23 bits per heavy atom. The molecule has 0 amide bonds. The molecule has 0 unspecified atom stereocenters. The van der Waals surface area contributed by atoms with Gasteiger partial charge in [0.25, 0.3) is 0 Å². The van der Waals surface area contributed by atoms with E-state index in [2.05, 4.69) is 73.6 Å². The fraction of sp³-hybridized carbons (Fsp3) is 0.333. The van der Waals surface area contributed by atoms with Crippen LogP contribution in [0.1, 0.15) is 49.1 Å². The zero-order valence-corrected chi connectivity index (χ0v) is 18.7. The highest BCUT2D eigenvalue weighted by atomic mass is 35.5. The van der Waals surface area contributed by atoms with Crippen LogP contribution in [0.15, 0.2) is 66.7 Å². The van der Waals surface area contributed by atoms with Crippen molar-refractivity contribution >= 4 is 17.3 Å². The van der Waals surface area contributed by atoms with Crippen LogP contribution in [0.25, 0.3) is 11.1 Å². The largest absolute Gasteiger partial charge is 0.489 e. The highest BCUT2D eigenvalue weighted by molar-refractivity contribution is 6.30. The molecule has 156 valence electrons. The molecule has 4 rings (SSSR count). The first-order valence-electron chi connectivity index (χ1n) is 10.9. The number of hydrogen-bond donors (Lipinski definition) is 0. The molecule has 0 N–H and O–H groups in total. The van der Waals surface area contributed by atoms with Crippen LogP contribution >= 0.6 is 11.6 Å². The third-order valence-corrected chi connectivity index (χ3v) is 6.36. The lowest BCUT2D eigenvalue weighted by Crippen LogP contribution is -2.09. The molecule has 0 aromatic heterocycles. The van der Waals surface area contributed by atoms with E-state index in [4.69, 9.17) is 16.3 Å². The summed E-state index contributed by atoms with van der Waals surface area (Å²) in [6, 6.07) is 23.3. The van der Waals surface area contributed by atoms with E-state index in [1.54, 1.807) is 0 Å². The number of anilines is 1. The standard InChI is InChI=1S/C27H30ClNO/c1-29(2)25-14-17-27(22-8-12-24(28)13-9-22)23(18-25)19-30-26-15-10-21(11-16-26)20-6-4-3-5-7-20/h8-18,20H,3-7,19H2,1-2H3. The van der Waals surface area contributed by atoms with E-state index in [9.17, 15) is 0 Å². The average molecular weight is 420 g/mol. The van der Waals surface area contributed by atoms with Gasteiger partial charge in [0.2, 0.25) is 0 Å². The summed E-state index contributed by atoms with van der Waals surface area (Å²) in [4.78, 5) is 2.12. The molecule has 1 aliphatic rings. The number of hydrogen-bond acceptors (Lipinski definition) is 2. The second-order valence-electron chi connectivity index (χ2n) is 8.44. The molecule has 3 aromatic rings. The highest BCUT2D eigenvalue weighted by Gasteiger charge is 2.15. The van der Waals surface area contributed by atoms with Gasteiger partial charge in [-0.1, -0.05) is 61.2 Å². The van der Waals surface area contributed by atoms with Crippen molar-refractivity contribution in [3.8, 4) is 16.9 Å². The van der Waals surface area contributed by atoms with Gasteiger partial charge < -0.3 is 9.64 Å². The second-order valence-corrected chi connectivity index (χ2v) is 8.87. The first kappa shape index (κ1) is 20.8. The van der Waals surface area contributed by atoms with Gasteiger partial charge in [0.05, 0.1) is 0 Å². The van der Waals surface area contributed by atoms with Crippen LogP contribution < -0.4 is 9.64 Å². The molecule has 3 aromatic carbocycles. The molecule has 1 saturated carbocycles. The Labute approximate surface area is 185 Å². The third kappa shape index (κ3) is 4.99. The molecule has 0 heterocycles. The first-order chi connectivity index (χ1) is 14.6. The van der Waals surface area contributed by atoms with Crippen molar-refractivity contribution in [2.75, 3.05) is 19.0 Å². The van der Waals surface area contributed by atoms with E-state index in [0.29, 0.717) is 6.61 Å². The second kappa shape index (κ2) is 9.57. The van der Waals surface area contributed by atoms with E-state index < -0.39 is 0 Å². The number of halogens is 1. The molecule has 30 heavy (non-hydrogen) atoms. The van der Waals surface area contributed by atoms with E-state index >= 15 is 0 Å². The number of ether oxygens (including phenoxy) is 1. The minimum atomic E-state index is 0.530. The summed E-state index contributed by atoms with van der Waals surface area (Å²) in [5.41, 5.74) is 6.12. The molecule has 0 radical (unpaired) electrons. The van der Waals surface area contributed by atoms with E-state index in [0.717, 1.165) is 22.3 Å². The average Bonchev–Trinajstić information content (AvgIpc) is 2.79.